The molecule has 0 saturated carbocycles. The van der Waals surface area contributed by atoms with Crippen molar-refractivity contribution < 1.29 is 15.0 Å². The number of H-pyrrole nitrogens is 1. The van der Waals surface area contributed by atoms with Gasteiger partial charge in [-0.25, -0.2) is 4.98 Å². The number of rotatable bonds is 11. The zero-order valence-corrected chi connectivity index (χ0v) is 12.8. The standard InChI is InChI=1S/C16H28BNO2/c1-2-3-4-5-6-7-8-9-10-11-16-13-12-15(14-18-16)17(19)20/h12-14,19-20H,2-11H2,1H3/p+1. The summed E-state index contributed by atoms with van der Waals surface area (Å²) < 4.78 is 0. The Morgan fingerprint density at radius 1 is 0.900 bits per heavy atom. The summed E-state index contributed by atoms with van der Waals surface area (Å²) in [5.74, 6) is 0. The van der Waals surface area contributed by atoms with Gasteiger partial charge in [0, 0.05) is 17.9 Å². The Morgan fingerprint density at radius 2 is 1.50 bits per heavy atom. The molecule has 3 nitrogen and oxygen atoms in total. The Labute approximate surface area is 123 Å². The second kappa shape index (κ2) is 10.9. The average Bonchev–Trinajstić information content (AvgIpc) is 2.46. The predicted molar refractivity (Wildman–Crippen MR) is 83.8 cm³/mol. The van der Waals surface area contributed by atoms with Gasteiger partial charge in [0.15, 0.2) is 11.9 Å². The number of hydrogen-bond acceptors (Lipinski definition) is 2. The third kappa shape index (κ3) is 7.66. The third-order valence-corrected chi connectivity index (χ3v) is 3.75. The quantitative estimate of drug-likeness (QED) is 0.482. The second-order valence-corrected chi connectivity index (χ2v) is 5.60. The molecule has 1 aromatic rings. The maximum absolute atomic E-state index is 9.00. The summed E-state index contributed by atoms with van der Waals surface area (Å²) in [4.78, 5) is 3.12. The van der Waals surface area contributed by atoms with Gasteiger partial charge in [-0.2, -0.15) is 0 Å². The molecule has 1 rings (SSSR count). The van der Waals surface area contributed by atoms with E-state index >= 15 is 0 Å². The van der Waals surface area contributed by atoms with Crippen molar-refractivity contribution in [2.45, 2.75) is 71.1 Å². The Bertz CT molecular complexity index is 341. The highest BCUT2D eigenvalue weighted by Gasteiger charge is 2.13. The maximum atomic E-state index is 9.00. The number of aromatic nitrogens is 1. The minimum Gasteiger partial charge on any atom is -0.423 e. The van der Waals surface area contributed by atoms with E-state index in [-0.39, 0.29) is 0 Å². The summed E-state index contributed by atoms with van der Waals surface area (Å²) in [6.45, 7) is 2.25. The van der Waals surface area contributed by atoms with Crippen LogP contribution >= 0.6 is 0 Å². The van der Waals surface area contributed by atoms with Crippen LogP contribution < -0.4 is 10.4 Å². The van der Waals surface area contributed by atoms with Gasteiger partial charge in [0.25, 0.3) is 0 Å². The monoisotopic (exact) mass is 278 g/mol. The van der Waals surface area contributed by atoms with Gasteiger partial charge in [0.05, 0.1) is 0 Å². The minimum absolute atomic E-state index is 0.515. The van der Waals surface area contributed by atoms with E-state index in [1.807, 2.05) is 6.07 Å². The Kier molecular flexibility index (Phi) is 9.34. The van der Waals surface area contributed by atoms with E-state index in [2.05, 4.69) is 11.9 Å². The van der Waals surface area contributed by atoms with Crippen LogP contribution in [-0.2, 0) is 6.42 Å². The van der Waals surface area contributed by atoms with Crippen LogP contribution in [0.5, 0.6) is 0 Å². The molecular weight excluding hydrogens is 249 g/mol. The Hall–Kier alpha value is -0.865. The smallest absolute Gasteiger partial charge is 0.423 e. The topological polar surface area (TPSA) is 54.6 Å². The molecule has 0 aliphatic heterocycles. The van der Waals surface area contributed by atoms with E-state index in [4.69, 9.17) is 10.0 Å². The first-order valence-electron chi connectivity index (χ1n) is 8.10. The lowest BCUT2D eigenvalue weighted by Crippen LogP contribution is -2.33. The Balaban J connectivity index is 2.01. The van der Waals surface area contributed by atoms with Crippen molar-refractivity contribution in [3.63, 3.8) is 0 Å². The molecule has 0 saturated heterocycles. The predicted octanol–water partition coefficient (Wildman–Crippen LogP) is 2.25. The fourth-order valence-corrected chi connectivity index (χ4v) is 2.41. The largest absolute Gasteiger partial charge is 0.494 e. The SMILES string of the molecule is CCCCCCCCCCCc1ccc(B(O)O)c[nH+]1. The molecule has 1 aromatic heterocycles. The van der Waals surface area contributed by atoms with Crippen molar-refractivity contribution >= 4 is 12.6 Å². The molecule has 0 aliphatic carbocycles. The van der Waals surface area contributed by atoms with Crippen molar-refractivity contribution in [2.24, 2.45) is 0 Å². The summed E-state index contributed by atoms with van der Waals surface area (Å²) in [5, 5.41) is 18.0. The normalized spacial score (nSPS) is 10.8. The minimum atomic E-state index is -1.38. The lowest BCUT2D eigenvalue weighted by molar-refractivity contribution is -0.389. The molecule has 4 heteroatoms. The number of aromatic amines is 1. The van der Waals surface area contributed by atoms with Crippen LogP contribution in [-0.4, -0.2) is 17.2 Å². The molecule has 1 heterocycles. The van der Waals surface area contributed by atoms with E-state index in [9.17, 15) is 0 Å². The van der Waals surface area contributed by atoms with Crippen molar-refractivity contribution in [2.75, 3.05) is 0 Å². The van der Waals surface area contributed by atoms with Gasteiger partial charge >= 0.3 is 7.12 Å². The number of aryl methyl sites for hydroxylation is 1. The highest BCUT2D eigenvalue weighted by atomic mass is 16.4. The molecule has 0 radical (unpaired) electrons. The van der Waals surface area contributed by atoms with Crippen LogP contribution in [0.15, 0.2) is 18.3 Å². The van der Waals surface area contributed by atoms with Gasteiger partial charge in [-0.05, 0) is 6.42 Å². The van der Waals surface area contributed by atoms with Crippen LogP contribution in [0.1, 0.15) is 70.4 Å². The number of nitrogens with one attached hydrogen (secondary N) is 1. The van der Waals surface area contributed by atoms with Crippen LogP contribution in [0, 0.1) is 0 Å². The zero-order chi connectivity index (χ0) is 14.6. The van der Waals surface area contributed by atoms with Gasteiger partial charge in [0.2, 0.25) is 0 Å². The molecule has 0 bridgehead atoms. The summed E-state index contributed by atoms with van der Waals surface area (Å²) in [5.41, 5.74) is 1.68. The lowest BCUT2D eigenvalue weighted by atomic mass is 9.81. The van der Waals surface area contributed by atoms with Crippen LogP contribution in [0.4, 0.5) is 0 Å². The number of unbranched alkanes of at least 4 members (excludes halogenated alkanes) is 8. The van der Waals surface area contributed by atoms with E-state index in [1.54, 1.807) is 12.3 Å². The fraction of sp³-hybridized carbons (Fsp3) is 0.688. The molecule has 0 atom stereocenters. The van der Waals surface area contributed by atoms with Gasteiger partial charge in [-0.15, -0.1) is 0 Å². The van der Waals surface area contributed by atoms with Gasteiger partial charge in [-0.1, -0.05) is 64.4 Å². The lowest BCUT2D eigenvalue weighted by Gasteiger charge is -2.01. The second-order valence-electron chi connectivity index (χ2n) is 5.60. The van der Waals surface area contributed by atoms with E-state index in [1.165, 1.54) is 57.8 Å². The molecule has 3 N–H and O–H groups in total. The van der Waals surface area contributed by atoms with Crippen molar-refractivity contribution in [1.29, 1.82) is 0 Å². The van der Waals surface area contributed by atoms with Gasteiger partial charge in [-0.3, -0.25) is 0 Å². The molecule has 0 amide bonds. The molecule has 20 heavy (non-hydrogen) atoms. The van der Waals surface area contributed by atoms with E-state index < -0.39 is 7.12 Å². The highest BCUT2D eigenvalue weighted by molar-refractivity contribution is 6.58. The van der Waals surface area contributed by atoms with Crippen LogP contribution in [0.3, 0.4) is 0 Å². The molecule has 0 spiro atoms. The van der Waals surface area contributed by atoms with Crippen molar-refractivity contribution in [3.8, 4) is 0 Å². The molecular formula is C16H29BNO2+. The summed E-state index contributed by atoms with van der Waals surface area (Å²) in [6.07, 6.45) is 14.8. The van der Waals surface area contributed by atoms with Gasteiger partial charge < -0.3 is 10.0 Å². The van der Waals surface area contributed by atoms with Gasteiger partial charge in [0.1, 0.15) is 0 Å². The summed E-state index contributed by atoms with van der Waals surface area (Å²) in [7, 11) is -1.38. The molecule has 0 aromatic carbocycles. The van der Waals surface area contributed by atoms with E-state index in [0.29, 0.717) is 5.46 Å². The number of hydrogen-bond donors (Lipinski definition) is 2. The number of pyridine rings is 1. The van der Waals surface area contributed by atoms with Crippen LogP contribution in [0.25, 0.3) is 0 Å². The molecule has 0 unspecified atom stereocenters. The van der Waals surface area contributed by atoms with Crippen LogP contribution in [0.2, 0.25) is 0 Å². The molecule has 0 aliphatic rings. The van der Waals surface area contributed by atoms with E-state index in [0.717, 1.165) is 12.1 Å². The Morgan fingerprint density at radius 3 is 2.00 bits per heavy atom. The summed E-state index contributed by atoms with van der Waals surface area (Å²) in [6, 6.07) is 3.71. The zero-order valence-electron chi connectivity index (χ0n) is 12.8. The summed E-state index contributed by atoms with van der Waals surface area (Å²) >= 11 is 0. The first kappa shape index (κ1) is 17.2. The molecule has 112 valence electrons. The maximum Gasteiger partial charge on any atom is 0.494 e. The third-order valence-electron chi connectivity index (χ3n) is 3.75. The van der Waals surface area contributed by atoms with Crippen molar-refractivity contribution in [3.05, 3.63) is 24.0 Å². The van der Waals surface area contributed by atoms with Crippen molar-refractivity contribution in [1.82, 2.24) is 0 Å². The highest BCUT2D eigenvalue weighted by Crippen LogP contribution is 2.10. The molecule has 0 fully saturated rings. The fourth-order valence-electron chi connectivity index (χ4n) is 2.41. The average molecular weight is 278 g/mol. The first-order valence-corrected chi connectivity index (χ1v) is 8.10. The first-order chi connectivity index (χ1) is 9.74.